The molecule has 0 amide bonds. The van der Waals surface area contributed by atoms with Crippen LogP contribution in [0.3, 0.4) is 0 Å². The molecule has 2 rings (SSSR count). The van der Waals surface area contributed by atoms with E-state index in [4.69, 9.17) is 9.84 Å². The van der Waals surface area contributed by atoms with Crippen LogP contribution in [0.1, 0.15) is 11.1 Å². The van der Waals surface area contributed by atoms with Gasteiger partial charge in [-0.05, 0) is 13.0 Å². The van der Waals surface area contributed by atoms with Crippen LogP contribution in [0.4, 0.5) is 13.2 Å². The molecule has 1 aromatic carbocycles. The van der Waals surface area contributed by atoms with E-state index in [1.54, 1.807) is 6.07 Å². The molecule has 1 N–H and O–H groups in total. The van der Waals surface area contributed by atoms with Crippen LogP contribution >= 0.6 is 0 Å². The highest BCUT2D eigenvalue weighted by Gasteiger charge is 2.52. The van der Waals surface area contributed by atoms with Crippen LogP contribution in [0.2, 0.25) is 0 Å². The molecule has 7 heteroatoms. The summed E-state index contributed by atoms with van der Waals surface area (Å²) in [5.74, 6) is -4.06. The van der Waals surface area contributed by atoms with E-state index >= 15 is 0 Å². The molecule has 1 saturated heterocycles. The van der Waals surface area contributed by atoms with Crippen molar-refractivity contribution < 1.29 is 27.8 Å². The Labute approximate surface area is 126 Å². The minimum absolute atomic E-state index is 0.114. The summed E-state index contributed by atoms with van der Waals surface area (Å²) in [7, 11) is 1.50. The second-order valence-corrected chi connectivity index (χ2v) is 5.60. The first-order chi connectivity index (χ1) is 10.2. The van der Waals surface area contributed by atoms with Crippen LogP contribution < -0.4 is 4.74 Å². The largest absolute Gasteiger partial charge is 0.496 e. The maximum absolute atomic E-state index is 13.0. The summed E-state index contributed by atoms with van der Waals surface area (Å²) >= 11 is 0. The SMILES string of the molecule is COc1ccc(C)cc1CN1C[C@@H](C(F)(F)F)[C@H](C(=O)O)C1. The van der Waals surface area contributed by atoms with Crippen LogP contribution in [0, 0.1) is 18.8 Å². The lowest BCUT2D eigenvalue weighted by Gasteiger charge is -2.19. The highest BCUT2D eigenvalue weighted by atomic mass is 19.4. The first-order valence-electron chi connectivity index (χ1n) is 6.87. The third-order valence-electron chi connectivity index (χ3n) is 3.96. The molecule has 0 saturated carbocycles. The number of aliphatic carboxylic acids is 1. The van der Waals surface area contributed by atoms with Crippen LogP contribution in [0.5, 0.6) is 5.75 Å². The van der Waals surface area contributed by atoms with Gasteiger partial charge in [-0.25, -0.2) is 0 Å². The van der Waals surface area contributed by atoms with Gasteiger partial charge in [-0.1, -0.05) is 17.7 Å². The highest BCUT2D eigenvalue weighted by molar-refractivity contribution is 5.71. The average molecular weight is 317 g/mol. The summed E-state index contributed by atoms with van der Waals surface area (Å²) in [5.41, 5.74) is 1.73. The predicted molar refractivity (Wildman–Crippen MR) is 73.7 cm³/mol. The van der Waals surface area contributed by atoms with Gasteiger partial charge in [0.15, 0.2) is 0 Å². The van der Waals surface area contributed by atoms with Crippen molar-refractivity contribution in [1.29, 1.82) is 0 Å². The molecule has 0 radical (unpaired) electrons. The quantitative estimate of drug-likeness (QED) is 0.927. The lowest BCUT2D eigenvalue weighted by molar-refractivity contribution is -0.188. The predicted octanol–water partition coefficient (Wildman–Crippen LogP) is 2.70. The standard InChI is InChI=1S/C15H18F3NO3/c1-9-3-4-13(22-2)10(5-9)6-19-7-11(14(20)21)12(8-19)15(16,17)18/h3-5,11-12H,6-8H2,1-2H3,(H,20,21)/t11-,12-/m1/s1. The Balaban J connectivity index is 2.18. The first kappa shape index (κ1) is 16.6. The molecule has 2 atom stereocenters. The van der Waals surface area contributed by atoms with E-state index in [0.717, 1.165) is 11.1 Å². The number of hydrogen-bond donors (Lipinski definition) is 1. The van der Waals surface area contributed by atoms with Crippen LogP contribution in [0.15, 0.2) is 18.2 Å². The molecule has 0 aromatic heterocycles. The number of benzene rings is 1. The van der Waals surface area contributed by atoms with Crippen LogP contribution in [-0.4, -0.2) is 42.4 Å². The fourth-order valence-corrected chi connectivity index (χ4v) is 2.87. The zero-order valence-corrected chi connectivity index (χ0v) is 12.4. The van der Waals surface area contributed by atoms with Gasteiger partial charge in [0.1, 0.15) is 5.75 Å². The van der Waals surface area contributed by atoms with Crippen LogP contribution in [-0.2, 0) is 11.3 Å². The molecule has 4 nitrogen and oxygen atoms in total. The van der Waals surface area contributed by atoms with Crippen molar-refractivity contribution >= 4 is 5.97 Å². The van der Waals surface area contributed by atoms with Crippen molar-refractivity contribution in [3.05, 3.63) is 29.3 Å². The number of rotatable bonds is 4. The smallest absolute Gasteiger partial charge is 0.393 e. The molecule has 0 spiro atoms. The molecule has 1 fully saturated rings. The van der Waals surface area contributed by atoms with Gasteiger partial charge in [0.05, 0.1) is 18.9 Å². The van der Waals surface area contributed by atoms with Gasteiger partial charge < -0.3 is 9.84 Å². The topological polar surface area (TPSA) is 49.8 Å². The molecule has 0 unspecified atom stereocenters. The number of carboxylic acids is 1. The normalized spacial score (nSPS) is 22.8. The summed E-state index contributed by atoms with van der Waals surface area (Å²) in [6, 6.07) is 5.46. The maximum Gasteiger partial charge on any atom is 0.393 e. The summed E-state index contributed by atoms with van der Waals surface area (Å²) < 4.78 is 44.1. The van der Waals surface area contributed by atoms with Gasteiger partial charge in [0, 0.05) is 25.2 Å². The monoisotopic (exact) mass is 317 g/mol. The van der Waals surface area contributed by atoms with Crippen molar-refractivity contribution in [3.8, 4) is 5.75 Å². The van der Waals surface area contributed by atoms with Crippen LogP contribution in [0.25, 0.3) is 0 Å². The number of carbonyl (C=O) groups is 1. The molecule has 122 valence electrons. The third-order valence-corrected chi connectivity index (χ3v) is 3.96. The fourth-order valence-electron chi connectivity index (χ4n) is 2.87. The van der Waals surface area contributed by atoms with E-state index in [9.17, 15) is 18.0 Å². The number of nitrogens with zero attached hydrogens (tertiary/aromatic N) is 1. The number of hydrogen-bond acceptors (Lipinski definition) is 3. The van der Waals surface area contributed by atoms with Gasteiger partial charge in [-0.15, -0.1) is 0 Å². The fraction of sp³-hybridized carbons (Fsp3) is 0.533. The summed E-state index contributed by atoms with van der Waals surface area (Å²) in [4.78, 5) is 12.6. The first-order valence-corrected chi connectivity index (χ1v) is 6.87. The molecule has 1 aliphatic rings. The van der Waals surface area contributed by atoms with E-state index in [2.05, 4.69) is 0 Å². The number of aryl methyl sites for hydroxylation is 1. The molecule has 1 aromatic rings. The Morgan fingerprint density at radius 1 is 1.41 bits per heavy atom. The molecule has 0 aliphatic carbocycles. The lowest BCUT2D eigenvalue weighted by atomic mass is 9.96. The molecule has 22 heavy (non-hydrogen) atoms. The summed E-state index contributed by atoms with van der Waals surface area (Å²) in [5, 5.41) is 9.02. The second kappa shape index (κ2) is 6.16. The average Bonchev–Trinajstić information content (AvgIpc) is 2.83. The number of methoxy groups -OCH3 is 1. The highest BCUT2D eigenvalue weighted by Crippen LogP contribution is 2.38. The lowest BCUT2D eigenvalue weighted by Crippen LogP contribution is -2.33. The maximum atomic E-state index is 13.0. The Kier molecular flexibility index (Phi) is 4.65. The number of ether oxygens (including phenoxy) is 1. The van der Waals surface area contributed by atoms with Gasteiger partial charge in [0.25, 0.3) is 0 Å². The Bertz CT molecular complexity index is 559. The van der Waals surface area contributed by atoms with E-state index in [1.807, 2.05) is 19.1 Å². The van der Waals surface area contributed by atoms with E-state index in [0.29, 0.717) is 5.75 Å². The molecule has 1 heterocycles. The van der Waals surface area contributed by atoms with Crippen molar-refractivity contribution in [2.24, 2.45) is 11.8 Å². The minimum Gasteiger partial charge on any atom is -0.496 e. The van der Waals surface area contributed by atoms with E-state index < -0.39 is 24.0 Å². The van der Waals surface area contributed by atoms with Crippen molar-refractivity contribution in [3.63, 3.8) is 0 Å². The summed E-state index contributed by atoms with van der Waals surface area (Å²) in [6.45, 7) is 1.70. The molecule has 0 bridgehead atoms. The van der Waals surface area contributed by atoms with Gasteiger partial charge >= 0.3 is 12.1 Å². The minimum atomic E-state index is -4.51. The third kappa shape index (κ3) is 3.52. The number of carboxylic acid groups (broad SMARTS) is 1. The Morgan fingerprint density at radius 2 is 2.09 bits per heavy atom. The number of alkyl halides is 3. The summed E-state index contributed by atoms with van der Waals surface area (Å²) in [6.07, 6.45) is -4.51. The molecular formula is C15H18F3NO3. The van der Waals surface area contributed by atoms with E-state index in [-0.39, 0.29) is 19.6 Å². The van der Waals surface area contributed by atoms with Gasteiger partial charge in [-0.2, -0.15) is 13.2 Å². The Morgan fingerprint density at radius 3 is 2.59 bits per heavy atom. The zero-order chi connectivity index (χ0) is 16.5. The van der Waals surface area contributed by atoms with Gasteiger partial charge in [0.2, 0.25) is 0 Å². The van der Waals surface area contributed by atoms with Gasteiger partial charge in [-0.3, -0.25) is 9.69 Å². The zero-order valence-electron chi connectivity index (χ0n) is 12.4. The Hall–Kier alpha value is -1.76. The molecule has 1 aliphatic heterocycles. The number of likely N-dealkylation sites (tertiary alicyclic amines) is 1. The van der Waals surface area contributed by atoms with E-state index in [1.165, 1.54) is 12.0 Å². The van der Waals surface area contributed by atoms with Crippen molar-refractivity contribution in [2.45, 2.75) is 19.6 Å². The second-order valence-electron chi connectivity index (χ2n) is 5.60. The van der Waals surface area contributed by atoms with Crippen molar-refractivity contribution in [1.82, 2.24) is 4.90 Å². The number of halogens is 3. The molecular weight excluding hydrogens is 299 g/mol. The van der Waals surface area contributed by atoms with Crippen molar-refractivity contribution in [2.75, 3.05) is 20.2 Å².